The minimum absolute atomic E-state index is 0.227. The Kier molecular flexibility index (Phi) is 6.25. The van der Waals surface area contributed by atoms with Crippen LogP contribution in [0.25, 0.3) is 21.9 Å². The summed E-state index contributed by atoms with van der Waals surface area (Å²) in [7, 11) is 0. The lowest BCUT2D eigenvalue weighted by Gasteiger charge is -2.14. The van der Waals surface area contributed by atoms with Gasteiger partial charge in [-0.2, -0.15) is 0 Å². The average Bonchev–Trinajstić information content (AvgIpc) is 3.08. The van der Waals surface area contributed by atoms with Crippen molar-refractivity contribution >= 4 is 45.7 Å². The summed E-state index contributed by atoms with van der Waals surface area (Å²) in [5.74, 6) is 0.792. The van der Waals surface area contributed by atoms with E-state index in [0.29, 0.717) is 11.3 Å². The summed E-state index contributed by atoms with van der Waals surface area (Å²) in [6, 6.07) is 12.4. The molecule has 156 valence electrons. The second kappa shape index (κ2) is 9.23. The van der Waals surface area contributed by atoms with Crippen LogP contribution in [0, 0.1) is 4.77 Å². The molecule has 0 bridgehead atoms. The predicted octanol–water partition coefficient (Wildman–Crippen LogP) is 4.46. The third kappa shape index (κ3) is 4.15. The standard InChI is InChI=1S/C22H26N6OS/c1-2-28-20-12-18-16(11-19(20)27-22(28)30)21(26-14-25-18)24-13-15-7-3-4-8-17(15)23-9-5-6-10-29/h3-4,7-8,11-12,14,23,29H,2,5-6,9-10,13H2,1H3,(H,27,30)(H,24,25,26). The Morgan fingerprint density at radius 2 is 2.00 bits per heavy atom. The lowest BCUT2D eigenvalue weighted by atomic mass is 10.1. The van der Waals surface area contributed by atoms with Gasteiger partial charge in [-0.25, -0.2) is 9.97 Å². The van der Waals surface area contributed by atoms with Crippen molar-refractivity contribution in [1.29, 1.82) is 0 Å². The number of anilines is 2. The maximum Gasteiger partial charge on any atom is 0.178 e. The number of benzene rings is 2. The SMILES string of the molecule is CCn1c(=S)[nH]c2cc3c(NCc4ccccc4NCCCCO)ncnc3cc21. The molecule has 0 radical (unpaired) electrons. The Hall–Kier alpha value is -2.97. The largest absolute Gasteiger partial charge is 0.396 e. The number of aromatic nitrogens is 4. The van der Waals surface area contributed by atoms with Gasteiger partial charge in [0.15, 0.2) is 4.77 Å². The number of unbranched alkanes of at least 4 members (excludes halogenated alkanes) is 1. The minimum Gasteiger partial charge on any atom is -0.396 e. The Morgan fingerprint density at radius 3 is 2.83 bits per heavy atom. The number of aliphatic hydroxyl groups is 1. The van der Waals surface area contributed by atoms with Crippen molar-refractivity contribution in [2.75, 3.05) is 23.8 Å². The van der Waals surface area contributed by atoms with E-state index in [4.69, 9.17) is 17.3 Å². The van der Waals surface area contributed by atoms with Crippen molar-refractivity contribution in [3.05, 3.63) is 53.1 Å². The van der Waals surface area contributed by atoms with Crippen LogP contribution in [0.15, 0.2) is 42.7 Å². The molecule has 4 rings (SSSR count). The number of rotatable bonds is 9. The van der Waals surface area contributed by atoms with E-state index in [1.807, 2.05) is 12.1 Å². The Bertz CT molecular complexity index is 1220. The zero-order chi connectivity index (χ0) is 20.9. The molecule has 0 amide bonds. The van der Waals surface area contributed by atoms with E-state index in [1.54, 1.807) is 6.33 Å². The van der Waals surface area contributed by atoms with Crippen molar-refractivity contribution in [3.8, 4) is 0 Å². The zero-order valence-electron chi connectivity index (χ0n) is 17.0. The van der Waals surface area contributed by atoms with Crippen LogP contribution in [-0.4, -0.2) is 37.8 Å². The lowest BCUT2D eigenvalue weighted by molar-refractivity contribution is 0.286. The topological polar surface area (TPSA) is 90.8 Å². The Morgan fingerprint density at radius 1 is 1.13 bits per heavy atom. The quantitative estimate of drug-likeness (QED) is 0.235. The first kappa shape index (κ1) is 20.3. The first-order valence-corrected chi connectivity index (χ1v) is 10.7. The summed E-state index contributed by atoms with van der Waals surface area (Å²) in [5.41, 5.74) is 5.17. The van der Waals surface area contributed by atoms with E-state index in [0.717, 1.165) is 64.9 Å². The number of aryl methyl sites for hydroxylation is 1. The maximum atomic E-state index is 8.95. The van der Waals surface area contributed by atoms with Crippen LogP contribution < -0.4 is 10.6 Å². The molecule has 0 saturated carbocycles. The molecule has 2 aromatic heterocycles. The summed E-state index contributed by atoms with van der Waals surface area (Å²) in [6.45, 7) is 4.59. The van der Waals surface area contributed by atoms with Crippen molar-refractivity contribution in [1.82, 2.24) is 19.5 Å². The zero-order valence-corrected chi connectivity index (χ0v) is 17.8. The molecule has 8 heteroatoms. The summed E-state index contributed by atoms with van der Waals surface area (Å²) in [5, 5.41) is 16.8. The molecule has 7 nitrogen and oxygen atoms in total. The molecule has 2 aromatic carbocycles. The first-order chi connectivity index (χ1) is 14.7. The van der Waals surface area contributed by atoms with E-state index < -0.39 is 0 Å². The van der Waals surface area contributed by atoms with Crippen LogP contribution in [0.2, 0.25) is 0 Å². The number of nitrogens with zero attached hydrogens (tertiary/aromatic N) is 3. The molecule has 0 aliphatic rings. The molecule has 4 N–H and O–H groups in total. The van der Waals surface area contributed by atoms with E-state index in [2.05, 4.69) is 61.3 Å². The summed E-state index contributed by atoms with van der Waals surface area (Å²) < 4.78 is 2.78. The summed E-state index contributed by atoms with van der Waals surface area (Å²) in [6.07, 6.45) is 3.33. The Labute approximate surface area is 180 Å². The number of imidazole rings is 1. The van der Waals surface area contributed by atoms with Gasteiger partial charge in [-0.3, -0.25) is 0 Å². The lowest BCUT2D eigenvalue weighted by Crippen LogP contribution is -2.08. The van der Waals surface area contributed by atoms with Crippen LogP contribution in [0.3, 0.4) is 0 Å². The van der Waals surface area contributed by atoms with Gasteiger partial charge in [0.2, 0.25) is 0 Å². The summed E-state index contributed by atoms with van der Waals surface area (Å²) >= 11 is 5.44. The number of aromatic amines is 1. The number of H-pyrrole nitrogens is 1. The van der Waals surface area contributed by atoms with E-state index in [-0.39, 0.29) is 6.61 Å². The van der Waals surface area contributed by atoms with E-state index in [1.165, 1.54) is 0 Å². The molecule has 0 unspecified atom stereocenters. The Balaban J connectivity index is 1.59. The van der Waals surface area contributed by atoms with Crippen molar-refractivity contribution < 1.29 is 5.11 Å². The van der Waals surface area contributed by atoms with Crippen molar-refractivity contribution in [2.45, 2.75) is 32.9 Å². The fraction of sp³-hybridized carbons (Fsp3) is 0.318. The molecule has 0 saturated heterocycles. The number of hydrogen-bond donors (Lipinski definition) is 4. The number of nitrogens with one attached hydrogen (secondary N) is 3. The molecule has 0 fully saturated rings. The molecule has 0 spiro atoms. The molecule has 2 heterocycles. The van der Waals surface area contributed by atoms with Gasteiger partial charge in [0.05, 0.1) is 16.6 Å². The third-order valence-electron chi connectivity index (χ3n) is 5.21. The average molecular weight is 423 g/mol. The van der Waals surface area contributed by atoms with Gasteiger partial charge in [-0.15, -0.1) is 0 Å². The highest BCUT2D eigenvalue weighted by atomic mass is 32.1. The molecule has 30 heavy (non-hydrogen) atoms. The molecular formula is C22H26N6OS. The maximum absolute atomic E-state index is 8.95. The fourth-order valence-electron chi connectivity index (χ4n) is 3.65. The number of fused-ring (bicyclic) bond motifs is 2. The van der Waals surface area contributed by atoms with Gasteiger partial charge >= 0.3 is 0 Å². The van der Waals surface area contributed by atoms with Crippen LogP contribution in [0.1, 0.15) is 25.3 Å². The molecular weight excluding hydrogens is 396 g/mol. The van der Waals surface area contributed by atoms with Crippen LogP contribution in [0.4, 0.5) is 11.5 Å². The van der Waals surface area contributed by atoms with Crippen LogP contribution in [-0.2, 0) is 13.1 Å². The van der Waals surface area contributed by atoms with Crippen LogP contribution in [0.5, 0.6) is 0 Å². The predicted molar refractivity (Wildman–Crippen MR) is 124 cm³/mol. The second-order valence-electron chi connectivity index (χ2n) is 7.15. The molecule has 0 aliphatic carbocycles. The highest BCUT2D eigenvalue weighted by Gasteiger charge is 2.10. The van der Waals surface area contributed by atoms with Crippen molar-refractivity contribution in [2.24, 2.45) is 0 Å². The summed E-state index contributed by atoms with van der Waals surface area (Å²) in [4.78, 5) is 12.2. The van der Waals surface area contributed by atoms with E-state index in [9.17, 15) is 0 Å². The van der Waals surface area contributed by atoms with Crippen molar-refractivity contribution in [3.63, 3.8) is 0 Å². The number of aliphatic hydroxyl groups excluding tert-OH is 1. The van der Waals surface area contributed by atoms with Gasteiger partial charge < -0.3 is 25.3 Å². The molecule has 0 atom stereocenters. The van der Waals surface area contributed by atoms with Gasteiger partial charge in [-0.1, -0.05) is 18.2 Å². The minimum atomic E-state index is 0.227. The van der Waals surface area contributed by atoms with Gasteiger partial charge in [0.1, 0.15) is 12.1 Å². The number of hydrogen-bond acceptors (Lipinski definition) is 6. The van der Waals surface area contributed by atoms with Gasteiger partial charge in [0.25, 0.3) is 0 Å². The fourth-order valence-corrected chi connectivity index (χ4v) is 3.99. The monoisotopic (exact) mass is 422 g/mol. The van der Waals surface area contributed by atoms with Gasteiger partial charge in [-0.05, 0) is 55.7 Å². The second-order valence-corrected chi connectivity index (χ2v) is 7.54. The molecule has 4 aromatic rings. The molecule has 0 aliphatic heterocycles. The number of para-hydroxylation sites is 1. The normalized spacial score (nSPS) is 11.3. The van der Waals surface area contributed by atoms with Gasteiger partial charge in [0, 0.05) is 37.3 Å². The highest BCUT2D eigenvalue weighted by molar-refractivity contribution is 7.71. The van der Waals surface area contributed by atoms with E-state index >= 15 is 0 Å². The first-order valence-electron chi connectivity index (χ1n) is 10.2. The highest BCUT2D eigenvalue weighted by Crippen LogP contribution is 2.26. The van der Waals surface area contributed by atoms with Crippen LogP contribution >= 0.6 is 12.2 Å². The smallest absolute Gasteiger partial charge is 0.178 e. The third-order valence-corrected chi connectivity index (χ3v) is 5.53.